The van der Waals surface area contributed by atoms with Gasteiger partial charge in [-0.05, 0) is 24.7 Å². The summed E-state index contributed by atoms with van der Waals surface area (Å²) in [6.07, 6.45) is 2.52. The largest absolute Gasteiger partial charge is 0.328 e. The van der Waals surface area contributed by atoms with Crippen LogP contribution in [0.4, 0.5) is 0 Å². The van der Waals surface area contributed by atoms with Crippen molar-refractivity contribution >= 4 is 7.60 Å². The average molecular weight is 221 g/mol. The van der Waals surface area contributed by atoms with E-state index < -0.39 is 13.2 Å². The summed E-state index contributed by atoms with van der Waals surface area (Å²) in [5.41, 5.74) is 5.22. The van der Waals surface area contributed by atoms with Crippen LogP contribution in [0, 0.1) is 5.41 Å². The fraction of sp³-hybridized carbons (Fsp3) is 1.00. The summed E-state index contributed by atoms with van der Waals surface area (Å²) in [4.78, 5) is 9.22. The number of hydrogen-bond acceptors (Lipinski definition) is 3. The molecule has 0 heterocycles. The Morgan fingerprint density at radius 1 is 1.50 bits per heavy atom. The van der Waals surface area contributed by atoms with E-state index in [0.29, 0.717) is 6.54 Å². The van der Waals surface area contributed by atoms with E-state index in [0.717, 1.165) is 19.3 Å². The van der Waals surface area contributed by atoms with Gasteiger partial charge in [0, 0.05) is 13.2 Å². The highest BCUT2D eigenvalue weighted by molar-refractivity contribution is 7.51. The minimum absolute atomic E-state index is 0.161. The first-order valence-corrected chi connectivity index (χ1v) is 6.92. The van der Waals surface area contributed by atoms with E-state index in [4.69, 9.17) is 10.3 Å². The summed E-state index contributed by atoms with van der Waals surface area (Å²) in [6, 6.07) is 0. The zero-order valence-corrected chi connectivity index (χ0v) is 10.0. The van der Waals surface area contributed by atoms with Gasteiger partial charge in [0.15, 0.2) is 0 Å². The summed E-state index contributed by atoms with van der Waals surface area (Å²) in [5.74, 6) is 0. The van der Waals surface area contributed by atoms with E-state index >= 15 is 0 Å². The van der Waals surface area contributed by atoms with E-state index in [1.54, 1.807) is 0 Å². The van der Waals surface area contributed by atoms with Gasteiger partial charge < -0.3 is 15.2 Å². The molecule has 5 heteroatoms. The maximum absolute atomic E-state index is 11.2. The Balaban J connectivity index is 2.76. The van der Waals surface area contributed by atoms with Gasteiger partial charge in [-0.25, -0.2) is 0 Å². The zero-order chi connectivity index (χ0) is 11.0. The number of rotatable bonds is 3. The molecule has 0 radical (unpaired) electrons. The SMILES string of the molecule is CC1(C)CC[C@@](CN)(OP(C)(=O)O)C1. The predicted octanol–water partition coefficient (Wildman–Crippen LogP) is 1.73. The first-order chi connectivity index (χ1) is 6.18. The molecule has 3 N–H and O–H groups in total. The lowest BCUT2D eigenvalue weighted by molar-refractivity contribution is 0.0624. The molecule has 1 saturated carbocycles. The first-order valence-electron chi connectivity index (χ1n) is 4.89. The molecule has 1 aliphatic rings. The van der Waals surface area contributed by atoms with Crippen LogP contribution in [-0.2, 0) is 9.09 Å². The Morgan fingerprint density at radius 3 is 2.36 bits per heavy atom. The quantitative estimate of drug-likeness (QED) is 0.712. The van der Waals surface area contributed by atoms with Crippen molar-refractivity contribution in [3.63, 3.8) is 0 Å². The van der Waals surface area contributed by atoms with Crippen LogP contribution in [0.25, 0.3) is 0 Å². The van der Waals surface area contributed by atoms with Crippen LogP contribution >= 0.6 is 7.60 Å². The molecule has 0 aliphatic heterocycles. The standard InChI is InChI=1S/C9H20NO3P/c1-8(2)4-5-9(6-8,7-10)13-14(3,11)12/h4-7,10H2,1-3H3,(H,11,12)/t9-/m1/s1. The van der Waals surface area contributed by atoms with E-state index in [9.17, 15) is 9.46 Å². The lowest BCUT2D eigenvalue weighted by atomic mass is 9.89. The molecule has 1 unspecified atom stereocenters. The molecule has 1 rings (SSSR count). The molecule has 14 heavy (non-hydrogen) atoms. The summed E-state index contributed by atoms with van der Waals surface area (Å²) in [7, 11) is -3.43. The summed E-state index contributed by atoms with van der Waals surface area (Å²) < 4.78 is 16.5. The molecule has 4 nitrogen and oxygen atoms in total. The number of hydrogen-bond donors (Lipinski definition) is 2. The maximum atomic E-state index is 11.2. The fourth-order valence-corrected chi connectivity index (χ4v) is 3.21. The van der Waals surface area contributed by atoms with Gasteiger partial charge in [0.1, 0.15) is 0 Å². The number of nitrogens with two attached hydrogens (primary N) is 1. The van der Waals surface area contributed by atoms with Gasteiger partial charge in [-0.1, -0.05) is 13.8 Å². The second-order valence-corrected chi connectivity index (χ2v) is 6.91. The van der Waals surface area contributed by atoms with Crippen molar-refractivity contribution in [1.82, 2.24) is 0 Å². The van der Waals surface area contributed by atoms with Crippen LogP contribution in [0.3, 0.4) is 0 Å². The van der Waals surface area contributed by atoms with Crippen molar-refractivity contribution in [2.45, 2.75) is 38.7 Å². The van der Waals surface area contributed by atoms with Gasteiger partial charge in [-0.2, -0.15) is 0 Å². The molecule has 1 aliphatic carbocycles. The molecule has 0 bridgehead atoms. The van der Waals surface area contributed by atoms with Crippen LogP contribution in [0.1, 0.15) is 33.1 Å². The van der Waals surface area contributed by atoms with Crippen molar-refractivity contribution < 1.29 is 14.0 Å². The molecule has 1 fully saturated rings. The van der Waals surface area contributed by atoms with Gasteiger partial charge in [0.2, 0.25) is 0 Å². The summed E-state index contributed by atoms with van der Waals surface area (Å²) in [5, 5.41) is 0. The molecule has 0 saturated heterocycles. The van der Waals surface area contributed by atoms with Crippen molar-refractivity contribution in [2.24, 2.45) is 11.1 Å². The van der Waals surface area contributed by atoms with Gasteiger partial charge in [-0.15, -0.1) is 0 Å². The smallest absolute Gasteiger partial charge is 0.325 e. The van der Waals surface area contributed by atoms with Gasteiger partial charge >= 0.3 is 7.60 Å². The lowest BCUT2D eigenvalue weighted by Crippen LogP contribution is -2.38. The van der Waals surface area contributed by atoms with Crippen molar-refractivity contribution in [3.8, 4) is 0 Å². The molecular weight excluding hydrogens is 201 g/mol. The third-order valence-electron chi connectivity index (χ3n) is 2.79. The topological polar surface area (TPSA) is 72.5 Å². The Kier molecular flexibility index (Phi) is 3.13. The maximum Gasteiger partial charge on any atom is 0.325 e. The van der Waals surface area contributed by atoms with Crippen LogP contribution in [0.15, 0.2) is 0 Å². The van der Waals surface area contributed by atoms with E-state index in [-0.39, 0.29) is 5.41 Å². The molecule has 0 aromatic heterocycles. The van der Waals surface area contributed by atoms with Crippen molar-refractivity contribution in [3.05, 3.63) is 0 Å². The van der Waals surface area contributed by atoms with E-state index in [1.807, 2.05) is 0 Å². The third-order valence-corrected chi connectivity index (χ3v) is 3.52. The Hall–Kier alpha value is 0.110. The van der Waals surface area contributed by atoms with Gasteiger partial charge in [0.05, 0.1) is 5.60 Å². The minimum atomic E-state index is -3.43. The zero-order valence-electron chi connectivity index (χ0n) is 9.12. The molecule has 0 amide bonds. The molecule has 2 atom stereocenters. The fourth-order valence-electron chi connectivity index (χ4n) is 2.26. The van der Waals surface area contributed by atoms with E-state index in [1.165, 1.54) is 6.66 Å². The Labute approximate surface area is 85.4 Å². The van der Waals surface area contributed by atoms with Gasteiger partial charge in [-0.3, -0.25) is 4.57 Å². The highest BCUT2D eigenvalue weighted by atomic mass is 31.2. The summed E-state index contributed by atoms with van der Waals surface area (Å²) >= 11 is 0. The van der Waals surface area contributed by atoms with Crippen molar-refractivity contribution in [1.29, 1.82) is 0 Å². The Bertz CT molecular complexity index is 261. The highest BCUT2D eigenvalue weighted by Crippen LogP contribution is 2.52. The van der Waals surface area contributed by atoms with Crippen molar-refractivity contribution in [2.75, 3.05) is 13.2 Å². The van der Waals surface area contributed by atoms with Crippen LogP contribution in [-0.4, -0.2) is 23.7 Å². The molecule has 0 spiro atoms. The Morgan fingerprint density at radius 2 is 2.07 bits per heavy atom. The van der Waals surface area contributed by atoms with Crippen LogP contribution < -0.4 is 5.73 Å². The average Bonchev–Trinajstić information content (AvgIpc) is 2.24. The molecule has 0 aromatic carbocycles. The lowest BCUT2D eigenvalue weighted by Gasteiger charge is -2.30. The molecule has 84 valence electrons. The predicted molar refractivity (Wildman–Crippen MR) is 56.3 cm³/mol. The summed E-state index contributed by atoms with van der Waals surface area (Å²) in [6.45, 7) is 5.79. The van der Waals surface area contributed by atoms with Crippen LogP contribution in [0.2, 0.25) is 0 Å². The third kappa shape index (κ3) is 3.06. The second-order valence-electron chi connectivity index (χ2n) is 5.12. The monoisotopic (exact) mass is 221 g/mol. The normalized spacial score (nSPS) is 35.5. The molecular formula is C9H20NO3P. The highest BCUT2D eigenvalue weighted by Gasteiger charge is 2.45. The first kappa shape index (κ1) is 12.2. The van der Waals surface area contributed by atoms with Gasteiger partial charge in [0.25, 0.3) is 0 Å². The minimum Gasteiger partial charge on any atom is -0.328 e. The molecule has 0 aromatic rings. The van der Waals surface area contributed by atoms with E-state index in [2.05, 4.69) is 13.8 Å². The second kappa shape index (κ2) is 3.60. The van der Waals surface area contributed by atoms with Crippen LogP contribution in [0.5, 0.6) is 0 Å².